The quantitative estimate of drug-likeness (QED) is 0.630. The lowest BCUT2D eigenvalue weighted by molar-refractivity contribution is -0.212. The number of amides is 2. The van der Waals surface area contributed by atoms with Crippen molar-refractivity contribution in [2.24, 2.45) is 0 Å². The average Bonchev–Trinajstić information content (AvgIpc) is 3.20. The van der Waals surface area contributed by atoms with Crippen LogP contribution in [0.4, 0.5) is 43.4 Å². The summed E-state index contributed by atoms with van der Waals surface area (Å²) in [6.07, 6.45) is -14.3. The first-order chi connectivity index (χ1) is 15.8. The molecule has 7 nitrogen and oxygen atoms in total. The predicted octanol–water partition coefficient (Wildman–Crippen LogP) is 4.27. The molecule has 1 saturated heterocycles. The van der Waals surface area contributed by atoms with Crippen molar-refractivity contribution in [2.45, 2.75) is 31.6 Å². The van der Waals surface area contributed by atoms with Crippen molar-refractivity contribution in [3.05, 3.63) is 53.6 Å². The van der Waals surface area contributed by atoms with Crippen LogP contribution in [0, 0.1) is 11.3 Å². The maximum absolute atomic E-state index is 13.6. The minimum absolute atomic E-state index is 0.197. The summed E-state index contributed by atoms with van der Waals surface area (Å²) in [5.41, 5.74) is -2.05. The molecule has 1 aliphatic rings. The monoisotopic (exact) mass is 486 g/mol. The molecule has 2 amide bonds. The maximum Gasteiger partial charge on any atom is 0.433 e. The van der Waals surface area contributed by atoms with E-state index < -0.39 is 54.0 Å². The van der Waals surface area contributed by atoms with Crippen LogP contribution < -0.4 is 15.5 Å². The third kappa shape index (κ3) is 5.57. The van der Waals surface area contributed by atoms with Gasteiger partial charge in [0.1, 0.15) is 0 Å². The highest BCUT2D eigenvalue weighted by Crippen LogP contribution is 2.39. The van der Waals surface area contributed by atoms with Crippen LogP contribution in [-0.2, 0) is 20.5 Å². The number of hydrogen-bond acceptors (Lipinski definition) is 5. The second-order valence-electron chi connectivity index (χ2n) is 7.26. The molecular weight excluding hydrogens is 470 g/mol. The zero-order chi connectivity index (χ0) is 25.3. The Labute approximate surface area is 188 Å². The van der Waals surface area contributed by atoms with Gasteiger partial charge in [0.2, 0.25) is 12.1 Å². The SMILES string of the molecule is CC(=O)Nc1ccc(NC(=O)C2CN(c3ccc(C#N)c(C(F)(F)F)c3)C(C(F)(F)F)O2)cc1. The highest BCUT2D eigenvalue weighted by Gasteiger charge is 2.52. The first-order valence-electron chi connectivity index (χ1n) is 9.58. The lowest BCUT2D eigenvalue weighted by Gasteiger charge is -2.27. The van der Waals surface area contributed by atoms with E-state index in [4.69, 9.17) is 10.00 Å². The van der Waals surface area contributed by atoms with Crippen LogP contribution in [0.25, 0.3) is 0 Å². The van der Waals surface area contributed by atoms with Gasteiger partial charge in [0, 0.05) is 24.0 Å². The Morgan fingerprint density at radius 1 is 1.03 bits per heavy atom. The fraction of sp³-hybridized carbons (Fsp3) is 0.286. The van der Waals surface area contributed by atoms with E-state index in [1.54, 1.807) is 0 Å². The van der Waals surface area contributed by atoms with Crippen molar-refractivity contribution in [1.82, 2.24) is 0 Å². The van der Waals surface area contributed by atoms with Crippen molar-refractivity contribution in [3.63, 3.8) is 0 Å². The molecule has 34 heavy (non-hydrogen) atoms. The van der Waals surface area contributed by atoms with Crippen LogP contribution in [0.15, 0.2) is 42.5 Å². The summed E-state index contributed by atoms with van der Waals surface area (Å²) in [5.74, 6) is -1.28. The number of carbonyl (C=O) groups excluding carboxylic acids is 2. The lowest BCUT2D eigenvalue weighted by Crippen LogP contribution is -2.42. The molecule has 0 saturated carbocycles. The van der Waals surface area contributed by atoms with E-state index >= 15 is 0 Å². The molecule has 2 aromatic rings. The molecule has 13 heteroatoms. The molecule has 3 rings (SSSR count). The minimum Gasteiger partial charge on any atom is -0.335 e. The van der Waals surface area contributed by atoms with Crippen molar-refractivity contribution in [2.75, 3.05) is 22.1 Å². The number of benzene rings is 2. The van der Waals surface area contributed by atoms with Gasteiger partial charge in [0.05, 0.1) is 23.7 Å². The Kier molecular flexibility index (Phi) is 6.74. The third-order valence-corrected chi connectivity index (χ3v) is 4.74. The van der Waals surface area contributed by atoms with Gasteiger partial charge in [-0.15, -0.1) is 0 Å². The van der Waals surface area contributed by atoms with Gasteiger partial charge in [0.25, 0.3) is 5.91 Å². The third-order valence-electron chi connectivity index (χ3n) is 4.74. The van der Waals surface area contributed by atoms with Gasteiger partial charge in [-0.25, -0.2) is 0 Å². The van der Waals surface area contributed by atoms with Crippen molar-refractivity contribution < 1.29 is 40.7 Å². The summed E-state index contributed by atoms with van der Waals surface area (Å²) >= 11 is 0. The number of nitriles is 1. The standard InChI is InChI=1S/C21H16F6N4O3/c1-11(32)29-13-3-5-14(6-4-13)30-18(33)17-10-31(19(34-17)21(25,26)27)15-7-2-12(9-28)16(8-15)20(22,23)24/h2-8,17,19H,10H2,1H3,(H,29,32)(H,30,33). The molecule has 0 aliphatic carbocycles. The van der Waals surface area contributed by atoms with Crippen LogP contribution in [0.2, 0.25) is 0 Å². The number of carbonyl (C=O) groups is 2. The molecule has 1 heterocycles. The number of rotatable bonds is 4. The second-order valence-corrected chi connectivity index (χ2v) is 7.26. The zero-order valence-corrected chi connectivity index (χ0v) is 17.3. The smallest absolute Gasteiger partial charge is 0.335 e. The summed E-state index contributed by atoms with van der Waals surface area (Å²) in [6.45, 7) is 0.602. The van der Waals surface area contributed by atoms with E-state index in [1.165, 1.54) is 37.3 Å². The number of halogens is 6. The average molecular weight is 486 g/mol. The predicted molar refractivity (Wildman–Crippen MR) is 108 cm³/mol. The van der Waals surface area contributed by atoms with E-state index in [0.717, 1.165) is 12.1 Å². The number of nitrogens with one attached hydrogen (secondary N) is 2. The Hall–Kier alpha value is -3.79. The summed E-state index contributed by atoms with van der Waals surface area (Å²) in [4.78, 5) is 24.1. The molecule has 2 N–H and O–H groups in total. The Morgan fingerprint density at radius 2 is 1.62 bits per heavy atom. The zero-order valence-electron chi connectivity index (χ0n) is 17.3. The van der Waals surface area contributed by atoms with E-state index in [9.17, 15) is 35.9 Å². The molecule has 1 fully saturated rings. The molecule has 0 aromatic heterocycles. The first-order valence-corrected chi connectivity index (χ1v) is 9.58. The topological polar surface area (TPSA) is 94.5 Å². The number of hydrogen-bond donors (Lipinski definition) is 2. The first kappa shape index (κ1) is 24.8. The van der Waals surface area contributed by atoms with Crippen molar-refractivity contribution in [1.29, 1.82) is 5.26 Å². The van der Waals surface area contributed by atoms with E-state index in [2.05, 4.69) is 10.6 Å². The fourth-order valence-electron chi connectivity index (χ4n) is 3.29. The van der Waals surface area contributed by atoms with Gasteiger partial charge in [-0.05, 0) is 42.5 Å². The largest absolute Gasteiger partial charge is 0.433 e. The molecular formula is C21H16F6N4O3. The van der Waals surface area contributed by atoms with Crippen LogP contribution in [-0.4, -0.2) is 36.9 Å². The van der Waals surface area contributed by atoms with E-state index in [1.807, 2.05) is 0 Å². The summed E-state index contributed by atoms with van der Waals surface area (Å²) in [7, 11) is 0. The molecule has 1 aliphatic heterocycles. The lowest BCUT2D eigenvalue weighted by atomic mass is 10.1. The Morgan fingerprint density at radius 3 is 2.12 bits per heavy atom. The summed E-state index contributed by atoms with van der Waals surface area (Å²) in [5, 5.41) is 13.8. The van der Waals surface area contributed by atoms with E-state index in [-0.39, 0.29) is 11.6 Å². The normalized spacial score (nSPS) is 18.4. The Bertz CT molecular complexity index is 1130. The number of alkyl halides is 6. The molecule has 2 unspecified atom stereocenters. The van der Waals surface area contributed by atoms with Gasteiger partial charge >= 0.3 is 12.4 Å². The fourth-order valence-corrected chi connectivity index (χ4v) is 3.29. The molecule has 2 aromatic carbocycles. The molecule has 180 valence electrons. The van der Waals surface area contributed by atoms with Crippen LogP contribution in [0.1, 0.15) is 18.1 Å². The van der Waals surface area contributed by atoms with Gasteiger partial charge in [-0.1, -0.05) is 0 Å². The van der Waals surface area contributed by atoms with Crippen LogP contribution >= 0.6 is 0 Å². The second kappa shape index (κ2) is 9.22. The molecule has 2 atom stereocenters. The Balaban J connectivity index is 1.83. The number of nitrogens with zero attached hydrogens (tertiary/aromatic N) is 2. The van der Waals surface area contributed by atoms with Crippen molar-refractivity contribution >= 4 is 28.9 Å². The molecule has 0 bridgehead atoms. The van der Waals surface area contributed by atoms with Gasteiger partial charge in [-0.3, -0.25) is 9.59 Å². The van der Waals surface area contributed by atoms with Crippen LogP contribution in [0.5, 0.6) is 0 Å². The molecule has 0 radical (unpaired) electrons. The van der Waals surface area contributed by atoms with E-state index in [0.29, 0.717) is 16.7 Å². The summed E-state index contributed by atoms with van der Waals surface area (Å²) < 4.78 is 85.4. The summed E-state index contributed by atoms with van der Waals surface area (Å²) in [6, 6.07) is 9.15. The van der Waals surface area contributed by atoms with Crippen LogP contribution in [0.3, 0.4) is 0 Å². The highest BCUT2D eigenvalue weighted by atomic mass is 19.4. The maximum atomic E-state index is 13.6. The molecule has 0 spiro atoms. The number of ether oxygens (including phenoxy) is 1. The number of anilines is 3. The van der Waals surface area contributed by atoms with Gasteiger partial charge in [-0.2, -0.15) is 31.6 Å². The highest BCUT2D eigenvalue weighted by molar-refractivity contribution is 5.95. The minimum atomic E-state index is -5.03. The van der Waals surface area contributed by atoms with Gasteiger partial charge < -0.3 is 20.3 Å². The van der Waals surface area contributed by atoms with Gasteiger partial charge in [0.15, 0.2) is 6.10 Å². The van der Waals surface area contributed by atoms with Crippen molar-refractivity contribution in [3.8, 4) is 6.07 Å².